The van der Waals surface area contributed by atoms with Crippen molar-refractivity contribution >= 4 is 15.9 Å². The van der Waals surface area contributed by atoms with Crippen molar-refractivity contribution < 1.29 is 30.8 Å². The summed E-state index contributed by atoms with van der Waals surface area (Å²) in [5.41, 5.74) is 0.771. The van der Waals surface area contributed by atoms with Crippen LogP contribution in [0.25, 0.3) is 0 Å². The maximum Gasteiger partial charge on any atom is 0.404 e. The summed E-state index contributed by atoms with van der Waals surface area (Å²) >= 11 is 0. The Morgan fingerprint density at radius 3 is 2.30 bits per heavy atom. The van der Waals surface area contributed by atoms with Gasteiger partial charge in [0.2, 0.25) is 15.9 Å². The van der Waals surface area contributed by atoms with Gasteiger partial charge in [0.15, 0.2) is 5.75 Å². The summed E-state index contributed by atoms with van der Waals surface area (Å²) in [6, 6.07) is 5.77. The molecule has 152 valence electrons. The first-order valence-electron chi connectivity index (χ1n) is 8.61. The van der Waals surface area contributed by atoms with Gasteiger partial charge in [-0.1, -0.05) is 12.1 Å². The fourth-order valence-electron chi connectivity index (χ4n) is 3.00. The summed E-state index contributed by atoms with van der Waals surface area (Å²) in [5.74, 6) is -2.27. The van der Waals surface area contributed by atoms with Crippen molar-refractivity contribution in [3.63, 3.8) is 0 Å². The molecule has 0 spiro atoms. The maximum absolute atomic E-state index is 12.8. The Morgan fingerprint density at radius 2 is 1.74 bits per heavy atom. The van der Waals surface area contributed by atoms with Gasteiger partial charge in [-0.3, -0.25) is 4.79 Å². The molecule has 0 aliphatic carbocycles. The Bertz CT molecular complexity index is 728. The van der Waals surface area contributed by atoms with Crippen LogP contribution >= 0.6 is 0 Å². The molecule has 27 heavy (non-hydrogen) atoms. The molecule has 1 N–H and O–H groups in total. The first-order chi connectivity index (χ1) is 12.5. The summed E-state index contributed by atoms with van der Waals surface area (Å²) in [6.07, 6.45) is -3.09. The van der Waals surface area contributed by atoms with E-state index in [4.69, 9.17) is 0 Å². The number of alkyl halides is 3. The lowest BCUT2D eigenvalue weighted by Gasteiger charge is -2.31. The first-order valence-corrected chi connectivity index (χ1v) is 10.2. The number of hydrogen-bond acceptors (Lipinski definition) is 3. The second-order valence-electron chi connectivity index (χ2n) is 6.66. The number of piperidine rings is 1. The zero-order chi connectivity index (χ0) is 20.1. The van der Waals surface area contributed by atoms with Crippen LogP contribution in [0.5, 0.6) is 0 Å². The van der Waals surface area contributed by atoms with Crippen LogP contribution in [-0.4, -0.2) is 43.6 Å². The summed E-state index contributed by atoms with van der Waals surface area (Å²) in [7, 11) is -4.34. The van der Waals surface area contributed by atoms with Crippen molar-refractivity contribution in [2.24, 2.45) is 5.92 Å². The van der Waals surface area contributed by atoms with Crippen molar-refractivity contribution in [3.05, 3.63) is 35.6 Å². The lowest BCUT2D eigenvalue weighted by atomic mass is 9.93. The molecule has 1 aromatic rings. The van der Waals surface area contributed by atoms with E-state index in [1.807, 2.05) is 0 Å². The zero-order valence-corrected chi connectivity index (χ0v) is 15.5. The third-order valence-electron chi connectivity index (χ3n) is 4.50. The SMILES string of the molecule is O=C(CCC1CCN(S(=O)(=O)CC(F)(F)F)CC1)NCc1ccc(F)cc1. The standard InChI is InChI=1S/C17H22F4N2O3S/c18-15-4-1-14(2-5-15)11-22-16(24)6-3-13-7-9-23(10-8-13)27(25,26)12-17(19,20)21/h1-2,4-5,13H,3,6-12H2,(H,22,24). The Hall–Kier alpha value is -1.68. The van der Waals surface area contributed by atoms with E-state index in [-0.39, 0.29) is 43.7 Å². The molecule has 0 saturated carbocycles. The minimum absolute atomic E-state index is 0.0419. The average molecular weight is 410 g/mol. The number of benzene rings is 1. The maximum atomic E-state index is 12.8. The van der Waals surface area contributed by atoms with Gasteiger partial charge in [-0.05, 0) is 42.9 Å². The van der Waals surface area contributed by atoms with E-state index in [9.17, 15) is 30.8 Å². The molecule has 5 nitrogen and oxygen atoms in total. The zero-order valence-electron chi connectivity index (χ0n) is 14.6. The number of carbonyl (C=O) groups is 1. The van der Waals surface area contributed by atoms with Crippen molar-refractivity contribution in [1.82, 2.24) is 9.62 Å². The lowest BCUT2D eigenvalue weighted by Crippen LogP contribution is -2.42. The number of rotatable bonds is 7. The molecule has 1 amide bonds. The second-order valence-corrected chi connectivity index (χ2v) is 8.62. The van der Waals surface area contributed by atoms with E-state index in [0.717, 1.165) is 9.87 Å². The fourth-order valence-corrected chi connectivity index (χ4v) is 4.36. The van der Waals surface area contributed by atoms with Gasteiger partial charge in [-0.15, -0.1) is 0 Å². The van der Waals surface area contributed by atoms with Gasteiger partial charge in [-0.2, -0.15) is 13.2 Å². The highest BCUT2D eigenvalue weighted by Crippen LogP contribution is 2.26. The van der Waals surface area contributed by atoms with Crippen LogP contribution < -0.4 is 5.32 Å². The van der Waals surface area contributed by atoms with E-state index >= 15 is 0 Å². The number of amides is 1. The molecule has 0 bridgehead atoms. The molecule has 1 saturated heterocycles. The number of sulfonamides is 1. The Balaban J connectivity index is 1.69. The predicted molar refractivity (Wildman–Crippen MR) is 91.6 cm³/mol. The van der Waals surface area contributed by atoms with E-state index in [0.29, 0.717) is 19.3 Å². The van der Waals surface area contributed by atoms with E-state index in [2.05, 4.69) is 5.32 Å². The van der Waals surface area contributed by atoms with Crippen LogP contribution in [0, 0.1) is 11.7 Å². The lowest BCUT2D eigenvalue weighted by molar-refractivity contribution is -0.121. The molecular formula is C17H22F4N2O3S. The first kappa shape index (κ1) is 21.6. The molecule has 0 radical (unpaired) electrons. The third kappa shape index (κ3) is 7.45. The number of hydrogen-bond donors (Lipinski definition) is 1. The van der Waals surface area contributed by atoms with Gasteiger partial charge in [0.1, 0.15) is 5.82 Å². The van der Waals surface area contributed by atoms with Crippen LogP contribution in [-0.2, 0) is 21.4 Å². The molecule has 1 aromatic carbocycles. The van der Waals surface area contributed by atoms with Crippen molar-refractivity contribution in [3.8, 4) is 0 Å². The van der Waals surface area contributed by atoms with Crippen LogP contribution in [0.2, 0.25) is 0 Å². The molecule has 1 aliphatic rings. The Kier molecular flexibility index (Phi) is 7.21. The number of nitrogens with zero attached hydrogens (tertiary/aromatic N) is 1. The van der Waals surface area contributed by atoms with Crippen molar-refractivity contribution in [2.75, 3.05) is 18.8 Å². The average Bonchev–Trinajstić information content (AvgIpc) is 2.58. The second kappa shape index (κ2) is 9.01. The van der Waals surface area contributed by atoms with Gasteiger partial charge in [0, 0.05) is 26.1 Å². The molecule has 0 atom stereocenters. The summed E-state index contributed by atoms with van der Waals surface area (Å²) in [4.78, 5) is 11.9. The molecule has 10 heteroatoms. The van der Waals surface area contributed by atoms with Gasteiger partial charge in [0.25, 0.3) is 0 Å². The minimum atomic E-state index is -4.75. The number of halogens is 4. The third-order valence-corrected chi connectivity index (χ3v) is 6.34. The number of nitrogens with one attached hydrogen (secondary N) is 1. The number of carbonyl (C=O) groups excluding carboxylic acids is 1. The molecule has 0 unspecified atom stereocenters. The van der Waals surface area contributed by atoms with Crippen LogP contribution in [0.3, 0.4) is 0 Å². The summed E-state index contributed by atoms with van der Waals surface area (Å²) in [5, 5.41) is 2.72. The molecule has 1 heterocycles. The van der Waals surface area contributed by atoms with E-state index in [1.165, 1.54) is 12.1 Å². The molecule has 0 aromatic heterocycles. The molecule has 2 rings (SSSR count). The van der Waals surface area contributed by atoms with Gasteiger partial charge >= 0.3 is 6.18 Å². The Labute approximate surface area is 155 Å². The predicted octanol–water partition coefficient (Wildman–Crippen LogP) is 2.83. The topological polar surface area (TPSA) is 66.5 Å². The monoisotopic (exact) mass is 410 g/mol. The van der Waals surface area contributed by atoms with Gasteiger partial charge < -0.3 is 5.32 Å². The van der Waals surface area contributed by atoms with Crippen LogP contribution in [0.1, 0.15) is 31.2 Å². The Morgan fingerprint density at radius 1 is 1.15 bits per heavy atom. The van der Waals surface area contributed by atoms with Crippen LogP contribution in [0.15, 0.2) is 24.3 Å². The van der Waals surface area contributed by atoms with Crippen molar-refractivity contribution in [1.29, 1.82) is 0 Å². The summed E-state index contributed by atoms with van der Waals surface area (Å²) in [6.45, 7) is 0.369. The highest BCUT2D eigenvalue weighted by Gasteiger charge is 2.39. The largest absolute Gasteiger partial charge is 0.404 e. The molecule has 1 fully saturated rings. The molecular weight excluding hydrogens is 388 g/mol. The van der Waals surface area contributed by atoms with Gasteiger partial charge in [0.05, 0.1) is 0 Å². The highest BCUT2D eigenvalue weighted by molar-refractivity contribution is 7.89. The minimum Gasteiger partial charge on any atom is -0.352 e. The quantitative estimate of drug-likeness (QED) is 0.703. The van der Waals surface area contributed by atoms with Crippen molar-refractivity contribution in [2.45, 2.75) is 38.4 Å². The highest BCUT2D eigenvalue weighted by atomic mass is 32.2. The van der Waals surface area contributed by atoms with Gasteiger partial charge in [-0.25, -0.2) is 17.1 Å². The normalized spacial score (nSPS) is 17.0. The summed E-state index contributed by atoms with van der Waals surface area (Å²) < 4.78 is 74.2. The van der Waals surface area contributed by atoms with Crippen LogP contribution in [0.4, 0.5) is 17.6 Å². The van der Waals surface area contributed by atoms with E-state index in [1.54, 1.807) is 12.1 Å². The molecule has 1 aliphatic heterocycles. The smallest absolute Gasteiger partial charge is 0.352 e. The van der Waals surface area contributed by atoms with E-state index < -0.39 is 22.0 Å². The fraction of sp³-hybridized carbons (Fsp3) is 0.588.